The Morgan fingerprint density at radius 3 is 2.00 bits per heavy atom. The van der Waals surface area contributed by atoms with Crippen LogP contribution in [0, 0.1) is 0 Å². The molecule has 6 nitrogen and oxygen atoms in total. The van der Waals surface area contributed by atoms with Crippen molar-refractivity contribution in [2.24, 2.45) is 5.16 Å². The third-order valence-corrected chi connectivity index (χ3v) is 7.42. The van der Waals surface area contributed by atoms with Crippen LogP contribution < -0.4 is 5.32 Å². The maximum absolute atomic E-state index is 14.5. The number of fused-ring (bicyclic) bond motifs is 1. The van der Waals surface area contributed by atoms with Gasteiger partial charge in [-0.3, -0.25) is 4.79 Å². The Labute approximate surface area is 232 Å². The number of rotatable bonds is 6. The van der Waals surface area contributed by atoms with E-state index in [1.54, 1.807) is 0 Å². The van der Waals surface area contributed by atoms with E-state index in [2.05, 4.69) is 10.5 Å². The number of sulfone groups is 1. The Kier molecular flexibility index (Phi) is 7.76. The number of alkyl halides is 9. The molecule has 1 N–H and O–H groups in total. The molecule has 0 saturated heterocycles. The molecule has 1 aliphatic rings. The number of carbonyl (C=O) groups is 1. The molecule has 3 aromatic carbocycles. The highest BCUT2D eigenvalue weighted by molar-refractivity contribution is 7.90. The Morgan fingerprint density at radius 2 is 1.48 bits per heavy atom. The number of nitrogens with zero attached hydrogens (tertiary/aromatic N) is 1. The first kappa shape index (κ1) is 31.1. The lowest BCUT2D eigenvalue weighted by molar-refractivity contribution is -0.276. The normalized spacial score (nSPS) is 18.1. The molecule has 1 heterocycles. The van der Waals surface area contributed by atoms with Crippen LogP contribution in [0.1, 0.15) is 39.0 Å². The average molecular weight is 626 g/mol. The molecule has 0 saturated carbocycles. The molecule has 1 atom stereocenters. The van der Waals surface area contributed by atoms with Gasteiger partial charge >= 0.3 is 18.5 Å². The standard InChI is InChI=1S/C26H19F9N2O4S/c1-42(39,40)9-8-36-22(38)20-7-6-19(17-4-2-3-5-18(17)20)21-13-23(41-37-21,26(33,34)35)14-10-15(24(27,28)29)12-16(11-14)25(30,31)32/h2-7,10-12H,8-9,13H2,1H3,(H,36,38). The second-order valence-electron chi connectivity index (χ2n) is 9.52. The van der Waals surface area contributed by atoms with E-state index < -0.39 is 68.7 Å². The second-order valence-corrected chi connectivity index (χ2v) is 11.8. The molecule has 1 aliphatic heterocycles. The van der Waals surface area contributed by atoms with Gasteiger partial charge in [0.25, 0.3) is 11.5 Å². The summed E-state index contributed by atoms with van der Waals surface area (Å²) in [6.07, 6.45) is -16.6. The smallest absolute Gasteiger partial charge is 0.374 e. The molecule has 3 aromatic rings. The van der Waals surface area contributed by atoms with E-state index in [0.29, 0.717) is 0 Å². The molecule has 0 aromatic heterocycles. The van der Waals surface area contributed by atoms with Gasteiger partial charge in [-0.2, -0.15) is 39.5 Å². The molecule has 42 heavy (non-hydrogen) atoms. The summed E-state index contributed by atoms with van der Waals surface area (Å²) in [5.74, 6) is -1.05. The summed E-state index contributed by atoms with van der Waals surface area (Å²) < 4.78 is 147. The van der Waals surface area contributed by atoms with Gasteiger partial charge < -0.3 is 10.2 Å². The van der Waals surface area contributed by atoms with Gasteiger partial charge in [-0.1, -0.05) is 35.5 Å². The molecule has 0 aliphatic carbocycles. The Balaban J connectivity index is 1.78. The van der Waals surface area contributed by atoms with Crippen LogP contribution in [0.2, 0.25) is 0 Å². The van der Waals surface area contributed by atoms with E-state index in [9.17, 15) is 52.7 Å². The summed E-state index contributed by atoms with van der Waals surface area (Å²) in [6.45, 7) is -0.223. The van der Waals surface area contributed by atoms with Crippen molar-refractivity contribution in [3.8, 4) is 0 Å². The van der Waals surface area contributed by atoms with Gasteiger partial charge in [0.15, 0.2) is 0 Å². The third-order valence-electron chi connectivity index (χ3n) is 6.48. The summed E-state index contributed by atoms with van der Waals surface area (Å²) in [6, 6.07) is 7.87. The first-order valence-corrected chi connectivity index (χ1v) is 13.9. The zero-order valence-electron chi connectivity index (χ0n) is 21.2. The van der Waals surface area contributed by atoms with E-state index in [4.69, 9.17) is 4.84 Å². The van der Waals surface area contributed by atoms with Crippen LogP contribution in [-0.2, 0) is 32.6 Å². The number of carbonyl (C=O) groups excluding carboxylic acids is 1. The maximum Gasteiger partial charge on any atom is 0.435 e. The number of hydrogen-bond donors (Lipinski definition) is 1. The SMILES string of the molecule is CS(=O)(=O)CCNC(=O)c1ccc(C2=NOC(c3cc(C(F)(F)F)cc(C(F)(F)F)c3)(C(F)(F)F)C2)c2ccccc12. The van der Waals surface area contributed by atoms with Gasteiger partial charge in [0, 0.05) is 35.9 Å². The number of halogens is 9. The van der Waals surface area contributed by atoms with Crippen molar-refractivity contribution in [3.05, 3.63) is 82.4 Å². The second kappa shape index (κ2) is 10.5. The number of hydrogen-bond acceptors (Lipinski definition) is 5. The predicted molar refractivity (Wildman–Crippen MR) is 132 cm³/mol. The fraction of sp³-hybridized carbons (Fsp3) is 0.308. The largest absolute Gasteiger partial charge is 0.435 e. The highest BCUT2D eigenvalue weighted by atomic mass is 32.2. The molecule has 1 amide bonds. The van der Waals surface area contributed by atoms with Crippen molar-refractivity contribution in [2.75, 3.05) is 18.6 Å². The summed E-state index contributed by atoms with van der Waals surface area (Å²) >= 11 is 0. The molecule has 0 bridgehead atoms. The van der Waals surface area contributed by atoms with E-state index in [-0.39, 0.29) is 52.4 Å². The molecule has 1 unspecified atom stereocenters. The summed E-state index contributed by atoms with van der Waals surface area (Å²) in [4.78, 5) is 17.4. The van der Waals surface area contributed by atoms with Crippen LogP contribution >= 0.6 is 0 Å². The number of nitrogens with one attached hydrogen (secondary N) is 1. The molecular formula is C26H19F9N2O4S. The topological polar surface area (TPSA) is 84.8 Å². The van der Waals surface area contributed by atoms with Crippen molar-refractivity contribution in [1.82, 2.24) is 5.32 Å². The van der Waals surface area contributed by atoms with Crippen LogP contribution in [0.3, 0.4) is 0 Å². The van der Waals surface area contributed by atoms with Crippen LogP contribution in [0.25, 0.3) is 10.8 Å². The van der Waals surface area contributed by atoms with Crippen molar-refractivity contribution < 1.29 is 57.6 Å². The lowest BCUT2D eigenvalue weighted by Crippen LogP contribution is -2.43. The van der Waals surface area contributed by atoms with E-state index in [1.807, 2.05) is 0 Å². The first-order valence-electron chi connectivity index (χ1n) is 11.8. The van der Waals surface area contributed by atoms with Crippen molar-refractivity contribution >= 4 is 32.2 Å². The Morgan fingerprint density at radius 1 is 0.905 bits per heavy atom. The van der Waals surface area contributed by atoms with E-state index >= 15 is 0 Å². The third kappa shape index (κ3) is 6.17. The molecular weight excluding hydrogens is 607 g/mol. The zero-order valence-corrected chi connectivity index (χ0v) is 22.0. The fourth-order valence-electron chi connectivity index (χ4n) is 4.43. The molecule has 226 valence electrons. The van der Waals surface area contributed by atoms with Gasteiger partial charge in [-0.05, 0) is 35.0 Å². The predicted octanol–water partition coefficient (Wildman–Crippen LogP) is 6.23. The lowest BCUT2D eigenvalue weighted by Gasteiger charge is -2.30. The van der Waals surface area contributed by atoms with E-state index in [1.165, 1.54) is 36.4 Å². The highest BCUT2D eigenvalue weighted by Gasteiger charge is 2.63. The summed E-state index contributed by atoms with van der Waals surface area (Å²) in [5.41, 5.74) is -9.48. The Bertz CT molecular complexity index is 1650. The summed E-state index contributed by atoms with van der Waals surface area (Å²) in [5, 5.41) is 6.26. The van der Waals surface area contributed by atoms with Crippen LogP contribution in [-0.4, -0.2) is 44.8 Å². The Hall–Kier alpha value is -3.82. The number of benzene rings is 3. The quantitative estimate of drug-likeness (QED) is 0.329. The van der Waals surface area contributed by atoms with Crippen LogP contribution in [0.4, 0.5) is 39.5 Å². The fourth-order valence-corrected chi connectivity index (χ4v) is 4.90. The van der Waals surface area contributed by atoms with Gasteiger partial charge in [0.05, 0.1) is 22.6 Å². The molecule has 0 fully saturated rings. The van der Waals surface area contributed by atoms with Gasteiger partial charge in [0.1, 0.15) is 9.84 Å². The first-order chi connectivity index (χ1) is 19.2. The van der Waals surface area contributed by atoms with Crippen molar-refractivity contribution in [1.29, 1.82) is 0 Å². The summed E-state index contributed by atoms with van der Waals surface area (Å²) in [7, 11) is -3.39. The van der Waals surface area contributed by atoms with Crippen LogP contribution in [0.5, 0.6) is 0 Å². The van der Waals surface area contributed by atoms with E-state index in [0.717, 1.165) is 6.26 Å². The number of oxime groups is 1. The van der Waals surface area contributed by atoms with Gasteiger partial charge in [-0.15, -0.1) is 0 Å². The van der Waals surface area contributed by atoms with Crippen molar-refractivity contribution in [3.63, 3.8) is 0 Å². The minimum atomic E-state index is -5.51. The lowest BCUT2D eigenvalue weighted by atomic mass is 9.83. The molecule has 0 radical (unpaired) electrons. The zero-order chi connectivity index (χ0) is 31.3. The molecule has 0 spiro atoms. The molecule has 4 rings (SSSR count). The van der Waals surface area contributed by atoms with Gasteiger partial charge in [0.2, 0.25) is 0 Å². The van der Waals surface area contributed by atoms with Crippen molar-refractivity contribution in [2.45, 2.75) is 30.6 Å². The van der Waals surface area contributed by atoms with Gasteiger partial charge in [-0.25, -0.2) is 8.42 Å². The number of amides is 1. The monoisotopic (exact) mass is 626 g/mol. The minimum absolute atomic E-state index is 0.0209. The highest BCUT2D eigenvalue weighted by Crippen LogP contribution is 2.51. The minimum Gasteiger partial charge on any atom is -0.374 e. The van der Waals surface area contributed by atoms with Crippen LogP contribution in [0.15, 0.2) is 59.8 Å². The maximum atomic E-state index is 14.5. The average Bonchev–Trinajstić information content (AvgIpc) is 3.33. The molecule has 16 heteroatoms.